The van der Waals surface area contributed by atoms with Crippen LogP contribution in [0.15, 0.2) is 11.4 Å². The van der Waals surface area contributed by atoms with E-state index in [0.29, 0.717) is 16.0 Å². The average molecular weight is 298 g/mol. The highest BCUT2D eigenvalue weighted by Crippen LogP contribution is 2.25. The van der Waals surface area contributed by atoms with Crippen molar-refractivity contribution in [3.8, 4) is 0 Å². The third-order valence-corrected chi connectivity index (χ3v) is 4.57. The first-order valence-electron chi connectivity index (χ1n) is 6.37. The minimum Gasteiger partial charge on any atom is -0.465 e. The van der Waals surface area contributed by atoms with Crippen molar-refractivity contribution in [3.05, 3.63) is 16.3 Å². The predicted molar refractivity (Wildman–Crippen MR) is 81.9 cm³/mol. The molecule has 1 aromatic rings. The second-order valence-corrected chi connectivity index (χ2v) is 5.93. The Balaban J connectivity index is 2.06. The van der Waals surface area contributed by atoms with Gasteiger partial charge in [0.1, 0.15) is 4.88 Å². The highest BCUT2D eigenvalue weighted by molar-refractivity contribution is 7.80. The highest BCUT2D eigenvalue weighted by Gasteiger charge is 2.22. The molecule has 4 nitrogen and oxygen atoms in total. The number of rotatable bonds is 2. The zero-order valence-corrected chi connectivity index (χ0v) is 12.8. The van der Waals surface area contributed by atoms with Crippen molar-refractivity contribution in [2.24, 2.45) is 0 Å². The van der Waals surface area contributed by atoms with Gasteiger partial charge >= 0.3 is 5.97 Å². The number of hydrogen-bond donors (Lipinski definition) is 1. The summed E-state index contributed by atoms with van der Waals surface area (Å²) in [5.41, 5.74) is 0.736. The standard InChI is InChI=1S/C13H18N2O2S2/c1-9-5-3-4-7-15(9)13(18)14-10-6-8-19-11(10)12(16)17-2/h6,8-9H,3-5,7H2,1-2H3,(H,14,18)/t9-/m0/s1. The molecule has 0 spiro atoms. The SMILES string of the molecule is COC(=O)c1sccc1NC(=S)N1CCCC[C@@H]1C. The molecule has 1 N–H and O–H groups in total. The lowest BCUT2D eigenvalue weighted by atomic mass is 10.0. The smallest absolute Gasteiger partial charge is 0.350 e. The third kappa shape index (κ3) is 3.25. The number of piperidine rings is 1. The maximum Gasteiger partial charge on any atom is 0.350 e. The molecule has 2 rings (SSSR count). The molecular formula is C13H18N2O2S2. The number of thiocarbonyl (C=S) groups is 1. The topological polar surface area (TPSA) is 41.6 Å². The van der Waals surface area contributed by atoms with Gasteiger partial charge in [-0.1, -0.05) is 0 Å². The molecule has 104 valence electrons. The molecule has 1 aliphatic rings. The van der Waals surface area contributed by atoms with E-state index in [-0.39, 0.29) is 5.97 Å². The molecule has 1 aliphatic heterocycles. The number of nitrogens with zero attached hydrogens (tertiary/aromatic N) is 1. The summed E-state index contributed by atoms with van der Waals surface area (Å²) >= 11 is 6.81. The van der Waals surface area contributed by atoms with Crippen LogP contribution < -0.4 is 5.32 Å². The number of hydrogen-bond acceptors (Lipinski definition) is 4. The van der Waals surface area contributed by atoms with Gasteiger partial charge < -0.3 is 15.0 Å². The first-order valence-corrected chi connectivity index (χ1v) is 7.65. The quantitative estimate of drug-likeness (QED) is 0.671. The Morgan fingerprint density at radius 3 is 3.05 bits per heavy atom. The number of methoxy groups -OCH3 is 1. The lowest BCUT2D eigenvalue weighted by molar-refractivity contribution is 0.0607. The van der Waals surface area contributed by atoms with Crippen molar-refractivity contribution >= 4 is 40.3 Å². The number of anilines is 1. The molecule has 2 heterocycles. The second kappa shape index (κ2) is 6.34. The fraction of sp³-hybridized carbons (Fsp3) is 0.538. The van der Waals surface area contributed by atoms with Crippen molar-refractivity contribution in [2.45, 2.75) is 32.2 Å². The molecule has 6 heteroatoms. The molecule has 0 saturated carbocycles. The van der Waals surface area contributed by atoms with Gasteiger partial charge in [-0.05, 0) is 49.9 Å². The zero-order chi connectivity index (χ0) is 13.8. The molecule has 1 atom stereocenters. The van der Waals surface area contributed by atoms with Crippen LogP contribution in [0, 0.1) is 0 Å². The Kier molecular flexibility index (Phi) is 4.76. The normalized spacial score (nSPS) is 19.1. The van der Waals surface area contributed by atoms with Crippen LogP contribution in [0.5, 0.6) is 0 Å². The molecule has 19 heavy (non-hydrogen) atoms. The van der Waals surface area contributed by atoms with Gasteiger partial charge in [0.15, 0.2) is 5.11 Å². The lowest BCUT2D eigenvalue weighted by Gasteiger charge is -2.35. The number of nitrogens with one attached hydrogen (secondary N) is 1. The second-order valence-electron chi connectivity index (χ2n) is 4.62. The van der Waals surface area contributed by atoms with Crippen molar-refractivity contribution in [2.75, 3.05) is 19.0 Å². The van der Waals surface area contributed by atoms with Gasteiger partial charge in [-0.25, -0.2) is 4.79 Å². The minimum atomic E-state index is -0.327. The van der Waals surface area contributed by atoms with E-state index in [4.69, 9.17) is 17.0 Å². The van der Waals surface area contributed by atoms with Crippen LogP contribution in [0.1, 0.15) is 35.9 Å². The van der Waals surface area contributed by atoms with E-state index < -0.39 is 0 Å². The summed E-state index contributed by atoms with van der Waals surface area (Å²) in [6.07, 6.45) is 3.58. The molecule has 0 bridgehead atoms. The number of likely N-dealkylation sites (tertiary alicyclic amines) is 1. The molecular weight excluding hydrogens is 280 g/mol. The van der Waals surface area contributed by atoms with Gasteiger partial charge in [-0.3, -0.25) is 0 Å². The Morgan fingerprint density at radius 2 is 2.37 bits per heavy atom. The molecule has 1 fully saturated rings. The monoisotopic (exact) mass is 298 g/mol. The van der Waals surface area contributed by atoms with E-state index in [2.05, 4.69) is 17.1 Å². The molecule has 0 aromatic carbocycles. The summed E-state index contributed by atoms with van der Waals surface area (Å²) in [5, 5.41) is 5.72. The number of ether oxygens (including phenoxy) is 1. The average Bonchev–Trinajstić information content (AvgIpc) is 2.86. The van der Waals surface area contributed by atoms with E-state index in [9.17, 15) is 4.79 Å². The van der Waals surface area contributed by atoms with Crippen molar-refractivity contribution < 1.29 is 9.53 Å². The molecule has 0 unspecified atom stereocenters. The number of esters is 1. The summed E-state index contributed by atoms with van der Waals surface area (Å²) in [6.45, 7) is 3.16. The first-order chi connectivity index (χ1) is 9.13. The van der Waals surface area contributed by atoms with Crippen molar-refractivity contribution in [1.82, 2.24) is 4.90 Å². The van der Waals surface area contributed by atoms with Gasteiger partial charge in [0, 0.05) is 12.6 Å². The van der Waals surface area contributed by atoms with Gasteiger partial charge in [0.25, 0.3) is 0 Å². The Labute approximate surface area is 122 Å². The molecule has 0 radical (unpaired) electrons. The van der Waals surface area contributed by atoms with Crippen LogP contribution in [0.2, 0.25) is 0 Å². The third-order valence-electron chi connectivity index (χ3n) is 3.34. The van der Waals surface area contributed by atoms with E-state index in [0.717, 1.165) is 18.7 Å². The van der Waals surface area contributed by atoms with Crippen LogP contribution in [0.25, 0.3) is 0 Å². The summed E-state index contributed by atoms with van der Waals surface area (Å²) in [5.74, 6) is -0.327. The maximum absolute atomic E-state index is 11.6. The molecule has 0 aliphatic carbocycles. The van der Waals surface area contributed by atoms with E-state index in [1.54, 1.807) is 0 Å². The fourth-order valence-electron chi connectivity index (χ4n) is 2.25. The molecule has 0 amide bonds. The number of carbonyl (C=O) groups is 1. The lowest BCUT2D eigenvalue weighted by Crippen LogP contribution is -2.44. The first kappa shape index (κ1) is 14.3. The summed E-state index contributed by atoms with van der Waals surface area (Å²) in [6, 6.07) is 2.31. The minimum absolute atomic E-state index is 0.327. The van der Waals surface area contributed by atoms with Crippen LogP contribution in [-0.4, -0.2) is 35.7 Å². The van der Waals surface area contributed by atoms with E-state index in [1.807, 2.05) is 11.4 Å². The van der Waals surface area contributed by atoms with Crippen LogP contribution in [-0.2, 0) is 4.74 Å². The van der Waals surface area contributed by atoms with Crippen LogP contribution >= 0.6 is 23.6 Å². The van der Waals surface area contributed by atoms with E-state index >= 15 is 0 Å². The summed E-state index contributed by atoms with van der Waals surface area (Å²) in [4.78, 5) is 14.4. The van der Waals surface area contributed by atoms with Crippen molar-refractivity contribution in [1.29, 1.82) is 0 Å². The Morgan fingerprint density at radius 1 is 1.58 bits per heavy atom. The van der Waals surface area contributed by atoms with E-state index in [1.165, 1.54) is 31.3 Å². The Hall–Kier alpha value is -1.14. The van der Waals surface area contributed by atoms with Crippen molar-refractivity contribution in [3.63, 3.8) is 0 Å². The fourth-order valence-corrected chi connectivity index (χ4v) is 3.39. The van der Waals surface area contributed by atoms with Gasteiger partial charge in [-0.15, -0.1) is 11.3 Å². The number of thiophene rings is 1. The maximum atomic E-state index is 11.6. The summed E-state index contributed by atoms with van der Waals surface area (Å²) in [7, 11) is 1.39. The largest absolute Gasteiger partial charge is 0.465 e. The Bertz CT molecular complexity index is 473. The van der Waals surface area contributed by atoms with Crippen LogP contribution in [0.3, 0.4) is 0 Å². The number of carbonyl (C=O) groups excluding carboxylic acids is 1. The predicted octanol–water partition coefficient (Wildman–Crippen LogP) is 3.11. The van der Waals surface area contributed by atoms with Crippen LogP contribution in [0.4, 0.5) is 5.69 Å². The van der Waals surface area contributed by atoms with Gasteiger partial charge in [0.2, 0.25) is 0 Å². The van der Waals surface area contributed by atoms with Gasteiger partial charge in [-0.2, -0.15) is 0 Å². The molecule has 1 saturated heterocycles. The highest BCUT2D eigenvalue weighted by atomic mass is 32.1. The molecule has 1 aromatic heterocycles. The van der Waals surface area contributed by atoms with Gasteiger partial charge in [0.05, 0.1) is 12.8 Å². The zero-order valence-electron chi connectivity index (χ0n) is 11.1. The summed E-state index contributed by atoms with van der Waals surface area (Å²) < 4.78 is 4.76.